The Labute approximate surface area is 77.1 Å². The average Bonchev–Trinajstić information content (AvgIpc) is 2.52. The number of hydrogen-bond acceptors (Lipinski definition) is 4. The monoisotopic (exact) mass is 186 g/mol. The molecule has 0 amide bonds. The van der Waals surface area contributed by atoms with Gasteiger partial charge in [0.25, 0.3) is 0 Å². The third-order valence-electron chi connectivity index (χ3n) is 3.06. The fourth-order valence-corrected chi connectivity index (χ4v) is 2.18. The van der Waals surface area contributed by atoms with Gasteiger partial charge in [-0.1, -0.05) is 6.92 Å². The Morgan fingerprint density at radius 1 is 1.62 bits per heavy atom. The Morgan fingerprint density at radius 2 is 2.38 bits per heavy atom. The van der Waals surface area contributed by atoms with E-state index >= 15 is 0 Å². The van der Waals surface area contributed by atoms with Crippen molar-refractivity contribution in [3.63, 3.8) is 0 Å². The Morgan fingerprint density at radius 3 is 2.85 bits per heavy atom. The number of hydrogen-bond donors (Lipinski definition) is 0. The lowest BCUT2D eigenvalue weighted by atomic mass is 9.89. The van der Waals surface area contributed by atoms with Crippen LogP contribution in [0.5, 0.6) is 0 Å². The van der Waals surface area contributed by atoms with E-state index in [-0.39, 0.29) is 11.6 Å². The maximum atomic E-state index is 11.5. The van der Waals surface area contributed by atoms with Crippen molar-refractivity contribution in [2.75, 3.05) is 20.3 Å². The second kappa shape index (κ2) is 2.69. The first kappa shape index (κ1) is 8.97. The molecule has 2 aliphatic heterocycles. The standard InChI is InChI=1S/C9H14O4/c1-3-9(7(10)11-2)8(13-9)4-5-12-6-8/h3-6H2,1-2H3. The molecule has 2 unspecified atom stereocenters. The van der Waals surface area contributed by atoms with E-state index in [0.29, 0.717) is 19.6 Å². The van der Waals surface area contributed by atoms with Gasteiger partial charge < -0.3 is 14.2 Å². The van der Waals surface area contributed by atoms with Crippen molar-refractivity contribution in [3.8, 4) is 0 Å². The van der Waals surface area contributed by atoms with Gasteiger partial charge in [0.1, 0.15) is 5.60 Å². The van der Waals surface area contributed by atoms with Gasteiger partial charge >= 0.3 is 5.97 Å². The molecule has 4 heteroatoms. The quantitative estimate of drug-likeness (QED) is 0.465. The molecule has 4 nitrogen and oxygen atoms in total. The molecular formula is C9H14O4. The minimum atomic E-state index is -0.710. The van der Waals surface area contributed by atoms with Gasteiger partial charge in [-0.25, -0.2) is 4.79 Å². The van der Waals surface area contributed by atoms with E-state index in [2.05, 4.69) is 0 Å². The molecule has 2 aliphatic rings. The second-order valence-electron chi connectivity index (χ2n) is 3.57. The predicted molar refractivity (Wildman–Crippen MR) is 44.3 cm³/mol. The van der Waals surface area contributed by atoms with Crippen molar-refractivity contribution < 1.29 is 19.0 Å². The van der Waals surface area contributed by atoms with E-state index in [4.69, 9.17) is 14.2 Å². The summed E-state index contributed by atoms with van der Waals surface area (Å²) in [5.74, 6) is -0.263. The first-order valence-electron chi connectivity index (χ1n) is 4.57. The number of carbonyl (C=O) groups excluding carboxylic acids is 1. The Kier molecular flexibility index (Phi) is 1.85. The smallest absolute Gasteiger partial charge is 0.341 e. The van der Waals surface area contributed by atoms with Gasteiger partial charge in [0, 0.05) is 13.0 Å². The van der Waals surface area contributed by atoms with Gasteiger partial charge in [0.05, 0.1) is 13.7 Å². The van der Waals surface area contributed by atoms with E-state index in [1.807, 2.05) is 6.92 Å². The van der Waals surface area contributed by atoms with Crippen LogP contribution in [0, 0.1) is 0 Å². The van der Waals surface area contributed by atoms with Gasteiger partial charge in [-0.15, -0.1) is 0 Å². The number of rotatable bonds is 2. The third-order valence-corrected chi connectivity index (χ3v) is 3.06. The molecule has 2 fully saturated rings. The maximum absolute atomic E-state index is 11.5. The number of methoxy groups -OCH3 is 1. The molecule has 0 N–H and O–H groups in total. The highest BCUT2D eigenvalue weighted by atomic mass is 16.7. The Bertz CT molecular complexity index is 232. The van der Waals surface area contributed by atoms with E-state index in [9.17, 15) is 4.79 Å². The fraction of sp³-hybridized carbons (Fsp3) is 0.889. The van der Waals surface area contributed by atoms with Crippen LogP contribution in [0.4, 0.5) is 0 Å². The van der Waals surface area contributed by atoms with Crippen molar-refractivity contribution in [1.29, 1.82) is 0 Å². The van der Waals surface area contributed by atoms with Crippen LogP contribution in [0.25, 0.3) is 0 Å². The third kappa shape index (κ3) is 0.957. The largest absolute Gasteiger partial charge is 0.467 e. The van der Waals surface area contributed by atoms with Crippen LogP contribution in [-0.4, -0.2) is 37.5 Å². The van der Waals surface area contributed by atoms with Crippen molar-refractivity contribution in [2.24, 2.45) is 0 Å². The van der Waals surface area contributed by atoms with Crippen molar-refractivity contribution in [2.45, 2.75) is 31.0 Å². The number of esters is 1. The summed E-state index contributed by atoms with van der Waals surface area (Å²) in [6.45, 7) is 3.14. The predicted octanol–water partition coefficient (Wildman–Crippen LogP) is 0.498. The van der Waals surface area contributed by atoms with Gasteiger partial charge in [0.2, 0.25) is 0 Å². The summed E-state index contributed by atoms with van der Waals surface area (Å²) in [6, 6.07) is 0. The van der Waals surface area contributed by atoms with E-state index in [0.717, 1.165) is 6.42 Å². The average molecular weight is 186 g/mol. The molecule has 0 aromatic heterocycles. The van der Waals surface area contributed by atoms with Gasteiger partial charge in [-0.3, -0.25) is 0 Å². The highest BCUT2D eigenvalue weighted by Crippen LogP contribution is 2.55. The normalized spacial score (nSPS) is 42.3. The summed E-state index contributed by atoms with van der Waals surface area (Å²) in [5, 5.41) is 0. The van der Waals surface area contributed by atoms with E-state index in [1.54, 1.807) is 0 Å². The SMILES string of the molecule is CCC1(C(=O)OC)OC12CCOC2. The first-order chi connectivity index (χ1) is 6.21. The Balaban J connectivity index is 2.17. The topological polar surface area (TPSA) is 48.1 Å². The van der Waals surface area contributed by atoms with E-state index < -0.39 is 5.60 Å². The number of ether oxygens (including phenoxy) is 3. The Hall–Kier alpha value is -0.610. The molecule has 0 saturated carbocycles. The molecule has 2 atom stereocenters. The van der Waals surface area contributed by atoms with Crippen LogP contribution < -0.4 is 0 Å². The van der Waals surface area contributed by atoms with Crippen LogP contribution in [0.3, 0.4) is 0 Å². The molecule has 2 rings (SSSR count). The van der Waals surface area contributed by atoms with Crippen LogP contribution in [-0.2, 0) is 19.0 Å². The maximum Gasteiger partial charge on any atom is 0.341 e. The van der Waals surface area contributed by atoms with Crippen LogP contribution in [0.2, 0.25) is 0 Å². The zero-order chi connectivity index (χ0) is 9.53. The van der Waals surface area contributed by atoms with Gasteiger partial charge in [-0.05, 0) is 6.42 Å². The summed E-state index contributed by atoms with van der Waals surface area (Å²) < 4.78 is 15.5. The number of carbonyl (C=O) groups is 1. The molecule has 13 heavy (non-hydrogen) atoms. The highest BCUT2D eigenvalue weighted by Gasteiger charge is 2.75. The molecule has 2 heterocycles. The first-order valence-corrected chi connectivity index (χ1v) is 4.57. The molecule has 0 aromatic rings. The summed E-state index contributed by atoms with van der Waals surface area (Å²) in [6.07, 6.45) is 1.46. The summed E-state index contributed by atoms with van der Waals surface area (Å²) in [4.78, 5) is 11.5. The lowest BCUT2D eigenvalue weighted by Gasteiger charge is -2.10. The second-order valence-corrected chi connectivity index (χ2v) is 3.57. The van der Waals surface area contributed by atoms with E-state index in [1.165, 1.54) is 7.11 Å². The van der Waals surface area contributed by atoms with Crippen molar-refractivity contribution in [1.82, 2.24) is 0 Å². The lowest BCUT2D eigenvalue weighted by Crippen LogP contribution is -2.35. The van der Waals surface area contributed by atoms with Crippen LogP contribution in [0.15, 0.2) is 0 Å². The summed E-state index contributed by atoms with van der Waals surface area (Å²) in [5.41, 5.74) is -1.08. The van der Waals surface area contributed by atoms with Gasteiger partial charge in [0.15, 0.2) is 5.60 Å². The minimum Gasteiger partial charge on any atom is -0.467 e. The molecule has 0 aliphatic carbocycles. The van der Waals surface area contributed by atoms with Gasteiger partial charge in [-0.2, -0.15) is 0 Å². The summed E-state index contributed by atoms with van der Waals surface area (Å²) >= 11 is 0. The highest BCUT2D eigenvalue weighted by molar-refractivity contribution is 5.85. The van der Waals surface area contributed by atoms with Crippen molar-refractivity contribution >= 4 is 5.97 Å². The van der Waals surface area contributed by atoms with Crippen molar-refractivity contribution in [3.05, 3.63) is 0 Å². The lowest BCUT2D eigenvalue weighted by molar-refractivity contribution is -0.147. The fourth-order valence-electron chi connectivity index (χ4n) is 2.18. The zero-order valence-electron chi connectivity index (χ0n) is 7.96. The molecule has 0 radical (unpaired) electrons. The molecular weight excluding hydrogens is 172 g/mol. The zero-order valence-corrected chi connectivity index (χ0v) is 7.96. The van der Waals surface area contributed by atoms with Crippen LogP contribution >= 0.6 is 0 Å². The molecule has 0 aromatic carbocycles. The molecule has 0 bridgehead atoms. The summed E-state index contributed by atoms with van der Waals surface area (Å²) in [7, 11) is 1.39. The minimum absolute atomic E-state index is 0.263. The van der Waals surface area contributed by atoms with Crippen LogP contribution in [0.1, 0.15) is 19.8 Å². The molecule has 1 spiro atoms. The molecule has 2 saturated heterocycles. The molecule has 74 valence electrons. The number of epoxide rings is 1.